The van der Waals surface area contributed by atoms with Crippen molar-refractivity contribution in [3.8, 4) is 0 Å². The number of fused-ring (bicyclic) bond motifs is 3. The number of aromatic carboxylic acids is 1. The minimum atomic E-state index is -0.944. The maximum atomic E-state index is 11.1. The van der Waals surface area contributed by atoms with Crippen LogP contribution in [0.25, 0.3) is 16.8 Å². The zero-order valence-electron chi connectivity index (χ0n) is 10.4. The minimum absolute atomic E-state index is 0.234. The molecule has 0 radical (unpaired) electrons. The van der Waals surface area contributed by atoms with Gasteiger partial charge in [-0.3, -0.25) is 4.40 Å². The molecule has 2 aromatic heterocycles. The average Bonchev–Trinajstić information content (AvgIpc) is 2.78. The summed E-state index contributed by atoms with van der Waals surface area (Å²) >= 11 is 0. The van der Waals surface area contributed by atoms with E-state index in [9.17, 15) is 4.79 Å². The molecule has 0 spiro atoms. The maximum absolute atomic E-state index is 11.1. The summed E-state index contributed by atoms with van der Waals surface area (Å²) in [6.07, 6.45) is 1.61. The quantitative estimate of drug-likeness (QED) is 0.712. The molecule has 0 fully saturated rings. The standard InChI is InChI=1S/C13H13N3O2/c1-7-4-9-10(5-8(7)2)16-6-11(12(17)18)15(3)13(16)14-9/h4-6H,1-3H3,(H,17,18). The number of carboxylic acids is 1. The van der Waals surface area contributed by atoms with Gasteiger partial charge in [0.15, 0.2) is 0 Å². The van der Waals surface area contributed by atoms with E-state index in [0.717, 1.165) is 11.0 Å². The number of aryl methyl sites for hydroxylation is 3. The summed E-state index contributed by atoms with van der Waals surface area (Å²) in [5.74, 6) is -0.299. The molecule has 0 aliphatic carbocycles. The molecule has 0 saturated carbocycles. The second-order valence-electron chi connectivity index (χ2n) is 4.59. The Kier molecular flexibility index (Phi) is 2.02. The highest BCUT2D eigenvalue weighted by Gasteiger charge is 2.16. The lowest BCUT2D eigenvalue weighted by Gasteiger charge is -1.98. The molecular formula is C13H13N3O2. The third-order valence-electron chi connectivity index (χ3n) is 3.42. The molecule has 0 atom stereocenters. The van der Waals surface area contributed by atoms with Crippen molar-refractivity contribution in [1.29, 1.82) is 0 Å². The molecule has 3 aromatic rings. The van der Waals surface area contributed by atoms with Gasteiger partial charge in [0, 0.05) is 13.2 Å². The van der Waals surface area contributed by atoms with Crippen LogP contribution in [0.4, 0.5) is 0 Å². The summed E-state index contributed by atoms with van der Waals surface area (Å²) in [5, 5.41) is 9.09. The van der Waals surface area contributed by atoms with Gasteiger partial charge in [0.25, 0.3) is 0 Å². The van der Waals surface area contributed by atoms with Gasteiger partial charge >= 0.3 is 5.97 Å². The Bertz CT molecular complexity index is 796. The van der Waals surface area contributed by atoms with Crippen molar-refractivity contribution in [2.75, 3.05) is 0 Å². The van der Waals surface area contributed by atoms with Crippen LogP contribution in [0.5, 0.6) is 0 Å². The van der Waals surface area contributed by atoms with Crippen LogP contribution in [0.2, 0.25) is 0 Å². The third-order valence-corrected chi connectivity index (χ3v) is 3.42. The van der Waals surface area contributed by atoms with E-state index in [0.29, 0.717) is 5.78 Å². The first-order valence-electron chi connectivity index (χ1n) is 5.67. The molecule has 3 rings (SSSR count). The zero-order valence-corrected chi connectivity index (χ0v) is 10.4. The number of carbonyl (C=O) groups is 1. The lowest BCUT2D eigenvalue weighted by Crippen LogP contribution is -2.03. The number of carboxylic acid groups (broad SMARTS) is 1. The molecule has 0 amide bonds. The van der Waals surface area contributed by atoms with E-state index in [1.54, 1.807) is 17.8 Å². The van der Waals surface area contributed by atoms with Gasteiger partial charge in [-0.2, -0.15) is 0 Å². The van der Waals surface area contributed by atoms with Crippen LogP contribution in [0.1, 0.15) is 21.6 Å². The fourth-order valence-electron chi connectivity index (χ4n) is 2.22. The molecule has 0 aliphatic heterocycles. The zero-order chi connectivity index (χ0) is 13.0. The van der Waals surface area contributed by atoms with Crippen molar-refractivity contribution in [2.45, 2.75) is 13.8 Å². The predicted octanol–water partition coefficient (Wildman–Crippen LogP) is 2.14. The summed E-state index contributed by atoms with van der Waals surface area (Å²) in [4.78, 5) is 15.6. The monoisotopic (exact) mass is 243 g/mol. The van der Waals surface area contributed by atoms with E-state index in [1.807, 2.05) is 30.4 Å². The molecule has 2 heterocycles. The topological polar surface area (TPSA) is 59.5 Å². The minimum Gasteiger partial charge on any atom is -0.477 e. The number of rotatable bonds is 1. The van der Waals surface area contributed by atoms with E-state index < -0.39 is 5.97 Å². The Morgan fingerprint density at radius 2 is 1.94 bits per heavy atom. The van der Waals surface area contributed by atoms with Crippen LogP contribution in [0.3, 0.4) is 0 Å². The van der Waals surface area contributed by atoms with Gasteiger partial charge in [-0.25, -0.2) is 9.78 Å². The van der Waals surface area contributed by atoms with Gasteiger partial charge in [-0.1, -0.05) is 0 Å². The SMILES string of the molecule is Cc1cc2nc3n(C)c(C(=O)O)cn3c2cc1C. The summed E-state index contributed by atoms with van der Waals surface area (Å²) in [5.41, 5.74) is 4.42. The van der Waals surface area contributed by atoms with Crippen molar-refractivity contribution >= 4 is 22.8 Å². The molecule has 92 valence electrons. The van der Waals surface area contributed by atoms with Crippen LogP contribution in [0, 0.1) is 13.8 Å². The summed E-state index contributed by atoms with van der Waals surface area (Å²) in [7, 11) is 1.71. The number of hydrogen-bond acceptors (Lipinski definition) is 2. The number of hydrogen-bond donors (Lipinski definition) is 1. The van der Waals surface area contributed by atoms with Crippen LogP contribution >= 0.6 is 0 Å². The molecule has 5 heteroatoms. The first-order chi connectivity index (χ1) is 8.49. The lowest BCUT2D eigenvalue weighted by molar-refractivity contribution is 0.0687. The lowest BCUT2D eigenvalue weighted by atomic mass is 10.1. The molecule has 0 bridgehead atoms. The summed E-state index contributed by atoms with van der Waals surface area (Å²) < 4.78 is 3.41. The first kappa shape index (κ1) is 10.8. The first-order valence-corrected chi connectivity index (χ1v) is 5.67. The highest BCUT2D eigenvalue weighted by molar-refractivity contribution is 5.89. The van der Waals surface area contributed by atoms with Gasteiger partial charge in [0.2, 0.25) is 5.78 Å². The van der Waals surface area contributed by atoms with Gasteiger partial charge in [0.05, 0.1) is 11.0 Å². The van der Waals surface area contributed by atoms with E-state index in [1.165, 1.54) is 11.1 Å². The maximum Gasteiger partial charge on any atom is 0.354 e. The Morgan fingerprint density at radius 3 is 2.61 bits per heavy atom. The highest BCUT2D eigenvalue weighted by Crippen LogP contribution is 2.22. The average molecular weight is 243 g/mol. The Labute approximate surface area is 103 Å². The molecule has 0 unspecified atom stereocenters. The van der Waals surface area contributed by atoms with Crippen molar-refractivity contribution in [3.05, 3.63) is 35.2 Å². The highest BCUT2D eigenvalue weighted by atomic mass is 16.4. The largest absolute Gasteiger partial charge is 0.477 e. The second kappa shape index (κ2) is 3.35. The van der Waals surface area contributed by atoms with E-state index >= 15 is 0 Å². The van der Waals surface area contributed by atoms with Gasteiger partial charge < -0.3 is 9.67 Å². The molecule has 1 N–H and O–H groups in total. The van der Waals surface area contributed by atoms with Crippen molar-refractivity contribution < 1.29 is 9.90 Å². The van der Waals surface area contributed by atoms with Crippen molar-refractivity contribution in [2.24, 2.45) is 7.05 Å². The van der Waals surface area contributed by atoms with Gasteiger partial charge in [-0.15, -0.1) is 0 Å². The van der Waals surface area contributed by atoms with Gasteiger partial charge in [0.1, 0.15) is 5.69 Å². The van der Waals surface area contributed by atoms with Gasteiger partial charge in [-0.05, 0) is 37.1 Å². The van der Waals surface area contributed by atoms with Crippen molar-refractivity contribution in [3.63, 3.8) is 0 Å². The Balaban J connectivity index is 2.46. The smallest absolute Gasteiger partial charge is 0.354 e. The van der Waals surface area contributed by atoms with E-state index in [4.69, 9.17) is 5.11 Å². The van der Waals surface area contributed by atoms with Crippen LogP contribution in [0.15, 0.2) is 18.3 Å². The molecular weight excluding hydrogens is 230 g/mol. The number of imidazole rings is 2. The Hall–Kier alpha value is -2.30. The van der Waals surface area contributed by atoms with E-state index in [2.05, 4.69) is 4.98 Å². The third kappa shape index (κ3) is 1.27. The van der Waals surface area contributed by atoms with Crippen molar-refractivity contribution in [1.82, 2.24) is 14.0 Å². The fraction of sp³-hybridized carbons (Fsp3) is 0.231. The van der Waals surface area contributed by atoms with Crippen LogP contribution < -0.4 is 0 Å². The molecule has 18 heavy (non-hydrogen) atoms. The fourth-order valence-corrected chi connectivity index (χ4v) is 2.22. The Morgan fingerprint density at radius 1 is 1.28 bits per heavy atom. The molecule has 0 aliphatic rings. The number of aromatic nitrogens is 3. The number of nitrogens with zero attached hydrogens (tertiary/aromatic N) is 3. The normalized spacial score (nSPS) is 11.5. The molecule has 1 aromatic carbocycles. The summed E-state index contributed by atoms with van der Waals surface area (Å²) in [6.45, 7) is 4.08. The second-order valence-corrected chi connectivity index (χ2v) is 4.59. The predicted molar refractivity (Wildman–Crippen MR) is 68.1 cm³/mol. The van der Waals surface area contributed by atoms with Crippen LogP contribution in [-0.2, 0) is 7.05 Å². The number of benzene rings is 1. The van der Waals surface area contributed by atoms with Crippen LogP contribution in [-0.4, -0.2) is 25.0 Å². The van der Waals surface area contributed by atoms with E-state index in [-0.39, 0.29) is 5.69 Å². The molecule has 5 nitrogen and oxygen atoms in total. The molecule has 0 saturated heterocycles. The summed E-state index contributed by atoms with van der Waals surface area (Å²) in [6, 6.07) is 4.06.